The molecule has 0 spiro atoms. The molecular weight excluding hydrogens is 544 g/mol. The van der Waals surface area contributed by atoms with E-state index < -0.39 is 35.6 Å². The monoisotopic (exact) mass is 580 g/mol. The van der Waals surface area contributed by atoms with Crippen molar-refractivity contribution >= 4 is 17.5 Å². The number of halogens is 4. The molecule has 3 aliphatic rings. The summed E-state index contributed by atoms with van der Waals surface area (Å²) in [5.41, 5.74) is 5.62. The molecule has 3 heterocycles. The fraction of sp³-hybridized carbons (Fsp3) is 0.607. The lowest BCUT2D eigenvalue weighted by atomic mass is 9.86. The molecule has 0 unspecified atom stereocenters. The Morgan fingerprint density at radius 2 is 1.85 bits per heavy atom. The van der Waals surface area contributed by atoms with Gasteiger partial charge in [-0.05, 0) is 62.3 Å². The van der Waals surface area contributed by atoms with E-state index in [0.29, 0.717) is 31.7 Å². The first-order chi connectivity index (χ1) is 19.6. The van der Waals surface area contributed by atoms with E-state index in [1.165, 1.54) is 18.5 Å². The van der Waals surface area contributed by atoms with Crippen molar-refractivity contribution in [1.29, 1.82) is 0 Å². The van der Waals surface area contributed by atoms with Crippen molar-refractivity contribution in [3.63, 3.8) is 0 Å². The number of aliphatic hydroxyl groups excluding tert-OH is 1. The highest BCUT2D eigenvalue weighted by atomic mass is 19.4. The Morgan fingerprint density at radius 3 is 2.46 bits per heavy atom. The summed E-state index contributed by atoms with van der Waals surface area (Å²) in [6, 6.07) is 4.42. The van der Waals surface area contributed by atoms with Crippen molar-refractivity contribution in [2.24, 2.45) is 17.6 Å². The normalized spacial score (nSPS) is 23.2. The number of aromatic nitrogens is 2. The molecule has 1 saturated carbocycles. The highest BCUT2D eigenvalue weighted by Crippen LogP contribution is 2.36. The number of likely N-dealkylation sites (tertiary alicyclic amines) is 1. The fourth-order valence-electron chi connectivity index (χ4n) is 5.91. The van der Waals surface area contributed by atoms with Gasteiger partial charge in [-0.1, -0.05) is 12.1 Å². The van der Waals surface area contributed by atoms with Crippen LogP contribution < -0.4 is 16.0 Å². The second-order valence-electron chi connectivity index (χ2n) is 11.2. The lowest BCUT2D eigenvalue weighted by Crippen LogP contribution is -2.57. The Kier molecular flexibility index (Phi) is 8.95. The van der Waals surface area contributed by atoms with E-state index in [4.69, 9.17) is 10.5 Å². The first-order valence-electron chi connectivity index (χ1n) is 14.1. The maximum Gasteiger partial charge on any atom is 0.416 e. The first kappa shape index (κ1) is 29.5. The molecule has 3 fully saturated rings. The van der Waals surface area contributed by atoms with Crippen LogP contribution in [-0.2, 0) is 22.3 Å². The number of primary amides is 1. The molecule has 2 aromatic rings. The molecule has 3 atom stereocenters. The number of aliphatic hydroxyl groups is 1. The predicted molar refractivity (Wildman–Crippen MR) is 143 cm³/mol. The van der Waals surface area contributed by atoms with E-state index in [1.54, 1.807) is 4.90 Å². The number of nitrogens with zero attached hydrogens (tertiary/aromatic N) is 4. The van der Waals surface area contributed by atoms with Crippen LogP contribution in [0.1, 0.15) is 43.2 Å². The zero-order valence-corrected chi connectivity index (χ0v) is 22.7. The molecule has 4 N–H and O–H groups in total. The minimum absolute atomic E-state index is 0.0000768. The largest absolute Gasteiger partial charge is 0.416 e. The van der Waals surface area contributed by atoms with Gasteiger partial charge in [0.05, 0.1) is 17.7 Å². The van der Waals surface area contributed by atoms with Gasteiger partial charge < -0.3 is 25.8 Å². The van der Waals surface area contributed by atoms with Gasteiger partial charge in [-0.2, -0.15) is 17.6 Å². The molecular formula is C28H36F4N6O3. The van der Waals surface area contributed by atoms with Crippen molar-refractivity contribution < 1.29 is 32.2 Å². The van der Waals surface area contributed by atoms with Gasteiger partial charge in [-0.3, -0.25) is 9.69 Å². The molecule has 41 heavy (non-hydrogen) atoms. The number of benzene rings is 1. The summed E-state index contributed by atoms with van der Waals surface area (Å²) in [6.07, 6.45) is -0.169. The van der Waals surface area contributed by atoms with Crippen LogP contribution in [0.25, 0.3) is 0 Å². The maximum absolute atomic E-state index is 15.6. The van der Waals surface area contributed by atoms with Crippen LogP contribution in [0.4, 0.5) is 29.2 Å². The predicted octanol–water partition coefficient (Wildman–Crippen LogP) is 3.18. The van der Waals surface area contributed by atoms with Crippen molar-refractivity contribution in [3.8, 4) is 0 Å². The number of amides is 1. The number of alkyl halides is 3. The van der Waals surface area contributed by atoms with E-state index >= 15 is 4.39 Å². The maximum atomic E-state index is 15.6. The number of hydrogen-bond acceptors (Lipinski definition) is 8. The Balaban J connectivity index is 1.21. The molecule has 9 nitrogen and oxygen atoms in total. The minimum atomic E-state index is -4.42. The molecule has 1 aliphatic carbocycles. The number of piperidine rings is 1. The molecule has 224 valence electrons. The number of carbonyl (C=O) groups is 1. The summed E-state index contributed by atoms with van der Waals surface area (Å²) in [5, 5.41) is 13.9. The number of nitrogens with two attached hydrogens (primary N) is 1. The fourth-order valence-corrected chi connectivity index (χ4v) is 5.91. The summed E-state index contributed by atoms with van der Waals surface area (Å²) in [4.78, 5) is 24.2. The Hall–Kier alpha value is -3.03. The number of nitrogens with one attached hydrogen (secondary N) is 1. The van der Waals surface area contributed by atoms with Crippen LogP contribution >= 0.6 is 0 Å². The van der Waals surface area contributed by atoms with Crippen molar-refractivity contribution in [1.82, 2.24) is 14.9 Å². The molecule has 1 aromatic heterocycles. The number of β-amino-alcohol motifs (C(OH)–C–C–N with tert-alkyl or cyclic N) is 1. The van der Waals surface area contributed by atoms with Crippen LogP contribution in [0.5, 0.6) is 0 Å². The molecule has 2 saturated heterocycles. The summed E-state index contributed by atoms with van der Waals surface area (Å²) in [5.74, 6) is -1.06. The smallest absolute Gasteiger partial charge is 0.391 e. The summed E-state index contributed by atoms with van der Waals surface area (Å²) in [7, 11) is 0. The zero-order valence-electron chi connectivity index (χ0n) is 22.7. The first-order valence-corrected chi connectivity index (χ1v) is 14.1. The number of ether oxygens (including phenoxy) is 1. The van der Waals surface area contributed by atoms with Crippen molar-refractivity contribution in [2.75, 3.05) is 43.1 Å². The lowest BCUT2D eigenvalue weighted by molar-refractivity contribution is -0.137. The molecule has 5 rings (SSSR count). The second kappa shape index (κ2) is 12.5. The Bertz CT molecular complexity index is 1190. The van der Waals surface area contributed by atoms with Gasteiger partial charge in [0, 0.05) is 44.8 Å². The third kappa shape index (κ3) is 7.07. The average Bonchev–Trinajstić information content (AvgIpc) is 3.78. The zero-order chi connectivity index (χ0) is 29.1. The van der Waals surface area contributed by atoms with Gasteiger partial charge >= 0.3 is 6.18 Å². The quantitative estimate of drug-likeness (QED) is 0.367. The Labute approximate surface area is 236 Å². The van der Waals surface area contributed by atoms with Crippen LogP contribution in [-0.4, -0.2) is 76.9 Å². The van der Waals surface area contributed by atoms with Crippen LogP contribution in [0.2, 0.25) is 0 Å². The van der Waals surface area contributed by atoms with E-state index in [-0.39, 0.29) is 49.1 Å². The van der Waals surface area contributed by atoms with E-state index in [2.05, 4.69) is 15.3 Å². The minimum Gasteiger partial charge on any atom is -0.391 e. The van der Waals surface area contributed by atoms with Gasteiger partial charge in [-0.15, -0.1) is 0 Å². The van der Waals surface area contributed by atoms with Gasteiger partial charge in [0.2, 0.25) is 11.7 Å². The van der Waals surface area contributed by atoms with Crippen molar-refractivity contribution in [3.05, 3.63) is 47.5 Å². The van der Waals surface area contributed by atoms with Gasteiger partial charge in [0.15, 0.2) is 11.6 Å². The number of hydrogen-bond donors (Lipinski definition) is 3. The van der Waals surface area contributed by atoms with Gasteiger partial charge in [0.25, 0.3) is 0 Å². The third-order valence-electron chi connectivity index (χ3n) is 8.35. The number of anilines is 2. The van der Waals surface area contributed by atoms with E-state index in [1.807, 2.05) is 4.90 Å². The molecule has 2 aliphatic heterocycles. The van der Waals surface area contributed by atoms with Crippen molar-refractivity contribution in [2.45, 2.75) is 63.0 Å². The number of carbonyl (C=O) groups excluding carboxylic acids is 1. The summed E-state index contributed by atoms with van der Waals surface area (Å²) in [6.45, 7) is 2.52. The highest BCUT2D eigenvalue weighted by Gasteiger charge is 2.39. The molecule has 13 heteroatoms. The third-order valence-corrected chi connectivity index (χ3v) is 8.35. The highest BCUT2D eigenvalue weighted by molar-refractivity contribution is 5.80. The SMILES string of the molecule is NC(=O)[C@@H](C1CCOCC1)N1CC[C@H](CNc2ncnc(N(Cc3ccc(C(F)(F)F)cc3)C3CC3)c2F)[C@@H](O)C1. The van der Waals surface area contributed by atoms with Gasteiger partial charge in [-0.25, -0.2) is 9.97 Å². The summed E-state index contributed by atoms with van der Waals surface area (Å²) >= 11 is 0. The second-order valence-corrected chi connectivity index (χ2v) is 11.2. The van der Waals surface area contributed by atoms with E-state index in [9.17, 15) is 23.1 Å². The molecule has 0 bridgehead atoms. The van der Waals surface area contributed by atoms with Crippen LogP contribution in [0, 0.1) is 17.7 Å². The lowest BCUT2D eigenvalue weighted by Gasteiger charge is -2.42. The topological polar surface area (TPSA) is 117 Å². The number of rotatable bonds is 10. The van der Waals surface area contributed by atoms with Crippen LogP contribution in [0.3, 0.4) is 0 Å². The van der Waals surface area contributed by atoms with Gasteiger partial charge in [0.1, 0.15) is 6.33 Å². The average molecular weight is 581 g/mol. The Morgan fingerprint density at radius 1 is 1.15 bits per heavy atom. The molecule has 1 amide bonds. The van der Waals surface area contributed by atoms with E-state index in [0.717, 1.165) is 37.8 Å². The molecule has 1 aromatic carbocycles. The molecule has 0 radical (unpaired) electrons. The standard InChI is InChI=1S/C28H36F4N6O3/c29-23-26(34-13-19-7-10-37(15-22(19)39)24(25(33)40)18-8-11-41-12-9-18)35-16-36-27(23)38(21-5-6-21)14-17-1-3-20(4-2-17)28(30,31)32/h1-4,16,18-19,21-22,24,39H,5-15H2,(H2,33,40)(H,34,35,36)/t19-,22+,24-/m1/s1. The summed E-state index contributed by atoms with van der Waals surface area (Å²) < 4.78 is 59.9. The van der Waals surface area contributed by atoms with Crippen LogP contribution in [0.15, 0.2) is 30.6 Å².